The number of halogens is 1. The standard InChI is InChI=1S/C25H31ClN8O3/c1-33(2)21(35)15-34-10-4-16-12-19(20(37-3)13-17(16)5-11-34)30-24-29-14-18(26)22(31-24)32-25(6-7-25)23(36)28-9-8-27/h12-14H,4-7,9-11,15H2,1-3H3,(H,28,36)(H2,29,30,31,32). The highest BCUT2D eigenvalue weighted by Crippen LogP contribution is 2.40. The van der Waals surface area contributed by atoms with E-state index in [9.17, 15) is 9.59 Å². The molecule has 2 amide bonds. The lowest BCUT2D eigenvalue weighted by atomic mass is 10.0. The summed E-state index contributed by atoms with van der Waals surface area (Å²) in [5, 5.41) is 18.0. The molecule has 0 atom stereocenters. The lowest BCUT2D eigenvalue weighted by molar-refractivity contribution is -0.129. The lowest BCUT2D eigenvalue weighted by Gasteiger charge is -2.21. The SMILES string of the molecule is COc1cc2c(cc1Nc1ncc(Cl)c(NC3(C(=O)NCC#N)CC3)n1)CCN(CC(=O)N(C)C)CC2. The number of likely N-dealkylation sites (N-methyl/N-ethyl adjacent to an activating group) is 1. The van der Waals surface area contributed by atoms with Crippen LogP contribution in [-0.4, -0.2) is 84.5 Å². The Morgan fingerprint density at radius 2 is 1.95 bits per heavy atom. The first kappa shape index (κ1) is 26.4. The van der Waals surface area contributed by atoms with Crippen LogP contribution in [0.1, 0.15) is 24.0 Å². The molecule has 12 heteroatoms. The number of nitrogens with zero attached hydrogens (tertiary/aromatic N) is 5. The molecule has 0 saturated heterocycles. The molecular formula is C25H31ClN8O3. The number of amides is 2. The van der Waals surface area contributed by atoms with Gasteiger partial charge in [0.15, 0.2) is 5.82 Å². The maximum absolute atomic E-state index is 12.5. The number of ether oxygens (including phenoxy) is 1. The number of carbonyl (C=O) groups excluding carboxylic acids is 2. The summed E-state index contributed by atoms with van der Waals surface area (Å²) in [5.41, 5.74) is 2.23. The van der Waals surface area contributed by atoms with Gasteiger partial charge < -0.3 is 25.6 Å². The highest BCUT2D eigenvalue weighted by Gasteiger charge is 2.50. The first-order valence-electron chi connectivity index (χ1n) is 12.1. The molecule has 1 aliphatic heterocycles. The third-order valence-electron chi connectivity index (χ3n) is 6.64. The van der Waals surface area contributed by atoms with Crippen LogP contribution in [0.15, 0.2) is 18.3 Å². The van der Waals surface area contributed by atoms with Gasteiger partial charge in [0, 0.05) is 27.2 Å². The average Bonchev–Trinajstić information content (AvgIpc) is 3.69. The molecule has 1 aliphatic carbocycles. The van der Waals surface area contributed by atoms with Crippen LogP contribution in [0.5, 0.6) is 5.75 Å². The van der Waals surface area contributed by atoms with E-state index in [1.165, 1.54) is 17.3 Å². The largest absolute Gasteiger partial charge is 0.495 e. The Morgan fingerprint density at radius 3 is 2.57 bits per heavy atom. The first-order chi connectivity index (χ1) is 17.7. The summed E-state index contributed by atoms with van der Waals surface area (Å²) >= 11 is 6.33. The van der Waals surface area contributed by atoms with E-state index in [-0.39, 0.29) is 23.4 Å². The second kappa shape index (κ2) is 11.2. The number of methoxy groups -OCH3 is 1. The van der Waals surface area contributed by atoms with Gasteiger partial charge in [0.25, 0.3) is 0 Å². The van der Waals surface area contributed by atoms with Crippen molar-refractivity contribution in [3.8, 4) is 11.8 Å². The maximum atomic E-state index is 12.5. The van der Waals surface area contributed by atoms with Crippen LogP contribution in [0.4, 0.5) is 17.5 Å². The van der Waals surface area contributed by atoms with E-state index >= 15 is 0 Å². The van der Waals surface area contributed by atoms with Crippen molar-refractivity contribution in [2.45, 2.75) is 31.2 Å². The average molecular weight is 527 g/mol. The van der Waals surface area contributed by atoms with Gasteiger partial charge in [0.2, 0.25) is 17.8 Å². The van der Waals surface area contributed by atoms with E-state index in [0.717, 1.165) is 25.9 Å². The van der Waals surface area contributed by atoms with Crippen molar-refractivity contribution in [1.82, 2.24) is 25.1 Å². The molecule has 0 unspecified atom stereocenters. The van der Waals surface area contributed by atoms with Gasteiger partial charge in [-0.2, -0.15) is 10.2 Å². The number of rotatable bonds is 9. The summed E-state index contributed by atoms with van der Waals surface area (Å²) < 4.78 is 5.65. The zero-order valence-electron chi connectivity index (χ0n) is 21.2. The highest BCUT2D eigenvalue weighted by molar-refractivity contribution is 6.32. The molecule has 0 bridgehead atoms. The maximum Gasteiger partial charge on any atom is 0.246 e. The molecule has 11 nitrogen and oxygen atoms in total. The molecule has 2 aromatic rings. The Labute approximate surface area is 221 Å². The third-order valence-corrected chi connectivity index (χ3v) is 6.91. The molecule has 4 rings (SSSR count). The van der Waals surface area contributed by atoms with Crippen molar-refractivity contribution in [2.24, 2.45) is 0 Å². The Hall–Kier alpha value is -3.62. The topological polar surface area (TPSA) is 136 Å². The normalized spacial score (nSPS) is 16.0. The fraction of sp³-hybridized carbons (Fsp3) is 0.480. The van der Waals surface area contributed by atoms with Crippen LogP contribution < -0.4 is 20.7 Å². The van der Waals surface area contributed by atoms with E-state index < -0.39 is 5.54 Å². The fourth-order valence-electron chi connectivity index (χ4n) is 4.24. The highest BCUT2D eigenvalue weighted by atomic mass is 35.5. The molecule has 0 spiro atoms. The third kappa shape index (κ3) is 6.21. The van der Waals surface area contributed by atoms with E-state index in [1.54, 1.807) is 26.1 Å². The van der Waals surface area contributed by atoms with Crippen molar-refractivity contribution >= 4 is 40.9 Å². The zero-order valence-corrected chi connectivity index (χ0v) is 22.0. The van der Waals surface area contributed by atoms with Crippen molar-refractivity contribution in [1.29, 1.82) is 5.26 Å². The van der Waals surface area contributed by atoms with Gasteiger partial charge >= 0.3 is 0 Å². The smallest absolute Gasteiger partial charge is 0.246 e. The summed E-state index contributed by atoms with van der Waals surface area (Å²) in [6.45, 7) is 1.91. The second-order valence-electron chi connectivity index (χ2n) is 9.45. The van der Waals surface area contributed by atoms with Gasteiger partial charge in [-0.1, -0.05) is 11.6 Å². The summed E-state index contributed by atoms with van der Waals surface area (Å²) in [7, 11) is 5.15. The minimum atomic E-state index is -0.826. The molecule has 0 radical (unpaired) electrons. The second-order valence-corrected chi connectivity index (χ2v) is 9.86. The first-order valence-corrected chi connectivity index (χ1v) is 12.5. The van der Waals surface area contributed by atoms with Crippen molar-refractivity contribution in [2.75, 3.05) is 58.0 Å². The van der Waals surface area contributed by atoms with Gasteiger partial charge in [0.05, 0.1) is 31.6 Å². The number of hydrogen-bond donors (Lipinski definition) is 3. The number of benzene rings is 1. The molecule has 1 saturated carbocycles. The fourth-order valence-corrected chi connectivity index (χ4v) is 4.38. The van der Waals surface area contributed by atoms with Crippen molar-refractivity contribution in [3.63, 3.8) is 0 Å². The van der Waals surface area contributed by atoms with Gasteiger partial charge in [-0.3, -0.25) is 14.5 Å². The molecule has 1 aromatic carbocycles. The van der Waals surface area contributed by atoms with Gasteiger partial charge in [-0.05, 0) is 48.9 Å². The molecule has 3 N–H and O–H groups in total. The quantitative estimate of drug-likeness (QED) is 0.419. The summed E-state index contributed by atoms with van der Waals surface area (Å²) in [6.07, 6.45) is 4.31. The Balaban J connectivity index is 1.50. The van der Waals surface area contributed by atoms with Gasteiger partial charge in [-0.15, -0.1) is 0 Å². The molecule has 2 aliphatic rings. The Morgan fingerprint density at radius 1 is 1.24 bits per heavy atom. The predicted octanol–water partition coefficient (Wildman–Crippen LogP) is 1.96. The molecule has 1 aromatic heterocycles. The number of nitrogens with one attached hydrogen (secondary N) is 3. The minimum absolute atomic E-state index is 0.0611. The lowest BCUT2D eigenvalue weighted by Crippen LogP contribution is -2.42. The zero-order chi connectivity index (χ0) is 26.6. The monoisotopic (exact) mass is 526 g/mol. The van der Waals surface area contributed by atoms with Crippen LogP contribution in [0, 0.1) is 11.3 Å². The number of anilines is 3. The van der Waals surface area contributed by atoms with E-state index in [4.69, 9.17) is 21.6 Å². The van der Waals surface area contributed by atoms with Crippen LogP contribution in [0.25, 0.3) is 0 Å². The summed E-state index contributed by atoms with van der Waals surface area (Å²) in [6, 6.07) is 5.96. The van der Waals surface area contributed by atoms with E-state index in [0.29, 0.717) is 42.6 Å². The number of fused-ring (bicyclic) bond motifs is 1. The van der Waals surface area contributed by atoms with Crippen molar-refractivity contribution in [3.05, 3.63) is 34.5 Å². The number of hydrogen-bond acceptors (Lipinski definition) is 9. The van der Waals surface area contributed by atoms with E-state index in [2.05, 4.69) is 30.8 Å². The van der Waals surface area contributed by atoms with Crippen molar-refractivity contribution < 1.29 is 14.3 Å². The molecule has 2 heterocycles. The van der Waals surface area contributed by atoms with Crippen LogP contribution >= 0.6 is 11.6 Å². The van der Waals surface area contributed by atoms with Crippen LogP contribution in [-0.2, 0) is 22.4 Å². The van der Waals surface area contributed by atoms with E-state index in [1.807, 2.05) is 18.2 Å². The number of carbonyl (C=O) groups is 2. The summed E-state index contributed by atoms with van der Waals surface area (Å²) in [4.78, 5) is 37.2. The molecule has 37 heavy (non-hydrogen) atoms. The number of nitriles is 1. The Kier molecular flexibility index (Phi) is 8.00. The van der Waals surface area contributed by atoms with Crippen LogP contribution in [0.2, 0.25) is 5.02 Å². The molecule has 1 fully saturated rings. The molecular weight excluding hydrogens is 496 g/mol. The van der Waals surface area contributed by atoms with Gasteiger partial charge in [0.1, 0.15) is 22.9 Å². The number of aromatic nitrogens is 2. The Bertz CT molecular complexity index is 1230. The van der Waals surface area contributed by atoms with Gasteiger partial charge in [-0.25, -0.2) is 4.98 Å². The predicted molar refractivity (Wildman–Crippen MR) is 140 cm³/mol. The molecule has 196 valence electrons. The summed E-state index contributed by atoms with van der Waals surface area (Å²) in [5.74, 6) is 1.11. The minimum Gasteiger partial charge on any atom is -0.495 e. The van der Waals surface area contributed by atoms with Crippen LogP contribution in [0.3, 0.4) is 0 Å².